The van der Waals surface area contributed by atoms with E-state index in [1.54, 1.807) is 19.1 Å². The van der Waals surface area contributed by atoms with Gasteiger partial charge in [-0.25, -0.2) is 4.79 Å². The van der Waals surface area contributed by atoms with Crippen molar-refractivity contribution in [3.63, 3.8) is 0 Å². The fourth-order valence-electron chi connectivity index (χ4n) is 4.31. The predicted molar refractivity (Wildman–Crippen MR) is 106 cm³/mol. The zero-order valence-electron chi connectivity index (χ0n) is 17.1. The predicted octanol–water partition coefficient (Wildman–Crippen LogP) is 1.97. The second kappa shape index (κ2) is 9.03. The van der Waals surface area contributed by atoms with E-state index in [1.807, 2.05) is 30.3 Å². The van der Waals surface area contributed by atoms with Crippen molar-refractivity contribution < 1.29 is 19.1 Å². The van der Waals surface area contributed by atoms with Crippen LogP contribution in [0.4, 0.5) is 4.79 Å². The summed E-state index contributed by atoms with van der Waals surface area (Å²) >= 11 is 0. The molecule has 3 rings (SSSR count). The number of methoxy groups -OCH3 is 2. The summed E-state index contributed by atoms with van der Waals surface area (Å²) in [5, 5.41) is 0. The van der Waals surface area contributed by atoms with Crippen molar-refractivity contribution in [3.8, 4) is 0 Å². The first-order valence-corrected chi connectivity index (χ1v) is 9.93. The molecule has 2 heterocycles. The molecule has 7 heteroatoms. The number of likely N-dealkylation sites (tertiary alicyclic amines) is 1. The van der Waals surface area contributed by atoms with Crippen molar-refractivity contribution in [1.82, 2.24) is 14.7 Å². The molecule has 154 valence electrons. The van der Waals surface area contributed by atoms with E-state index in [2.05, 4.69) is 11.8 Å². The summed E-state index contributed by atoms with van der Waals surface area (Å²) in [6.45, 7) is 5.43. The van der Waals surface area contributed by atoms with Gasteiger partial charge in [0, 0.05) is 39.9 Å². The van der Waals surface area contributed by atoms with Gasteiger partial charge < -0.3 is 14.4 Å². The summed E-state index contributed by atoms with van der Waals surface area (Å²) in [6, 6.07) is 9.96. The van der Waals surface area contributed by atoms with Gasteiger partial charge in [-0.1, -0.05) is 30.3 Å². The molecule has 3 amide bonds. The Morgan fingerprint density at radius 1 is 1.07 bits per heavy atom. The molecule has 2 aliphatic heterocycles. The maximum Gasteiger partial charge on any atom is 0.328 e. The number of amides is 3. The van der Waals surface area contributed by atoms with Gasteiger partial charge in [-0.15, -0.1) is 0 Å². The van der Waals surface area contributed by atoms with Gasteiger partial charge in [0.2, 0.25) is 0 Å². The van der Waals surface area contributed by atoms with Crippen molar-refractivity contribution in [3.05, 3.63) is 35.9 Å². The summed E-state index contributed by atoms with van der Waals surface area (Å²) in [4.78, 5) is 32.0. The summed E-state index contributed by atoms with van der Waals surface area (Å²) in [7, 11) is 3.29. The molecule has 0 aliphatic carbocycles. The summed E-state index contributed by atoms with van der Waals surface area (Å²) in [5.74, 6) is -0.0791. The van der Waals surface area contributed by atoms with Crippen molar-refractivity contribution in [1.29, 1.82) is 0 Å². The van der Waals surface area contributed by atoms with Crippen LogP contribution in [0.5, 0.6) is 0 Å². The fraction of sp³-hybridized carbons (Fsp3) is 0.619. The lowest BCUT2D eigenvalue weighted by molar-refractivity contribution is -0.136. The number of carbonyl (C=O) groups is 2. The first kappa shape index (κ1) is 20.8. The molecule has 0 radical (unpaired) electrons. The summed E-state index contributed by atoms with van der Waals surface area (Å²) in [5.41, 5.74) is 0.274. The zero-order chi connectivity index (χ0) is 20.1. The molecule has 2 aliphatic rings. The number of carbonyl (C=O) groups excluding carboxylic acids is 2. The number of rotatable bonds is 8. The number of piperidine rings is 1. The minimum absolute atomic E-state index is 0.0791. The smallest absolute Gasteiger partial charge is 0.328 e. The third kappa shape index (κ3) is 3.92. The topological polar surface area (TPSA) is 62.3 Å². The highest BCUT2D eigenvalue weighted by Gasteiger charge is 2.57. The number of hydrogen-bond donors (Lipinski definition) is 0. The van der Waals surface area contributed by atoms with Crippen LogP contribution in [0.3, 0.4) is 0 Å². The minimum atomic E-state index is -0.760. The van der Waals surface area contributed by atoms with Crippen LogP contribution >= 0.6 is 0 Å². The van der Waals surface area contributed by atoms with E-state index >= 15 is 0 Å². The molecule has 1 unspecified atom stereocenters. The average Bonchev–Trinajstić information content (AvgIpc) is 2.89. The van der Waals surface area contributed by atoms with Gasteiger partial charge in [-0.05, 0) is 25.3 Å². The number of nitrogens with zero attached hydrogens (tertiary/aromatic N) is 3. The molecule has 1 aromatic rings. The molecule has 0 saturated carbocycles. The lowest BCUT2D eigenvalue weighted by Crippen LogP contribution is -2.57. The first-order chi connectivity index (χ1) is 13.5. The molecule has 2 fully saturated rings. The Morgan fingerprint density at radius 3 is 2.36 bits per heavy atom. The van der Waals surface area contributed by atoms with Crippen LogP contribution in [0, 0.1) is 0 Å². The third-order valence-corrected chi connectivity index (χ3v) is 5.98. The van der Waals surface area contributed by atoms with Crippen LogP contribution in [0.15, 0.2) is 30.3 Å². The van der Waals surface area contributed by atoms with E-state index in [0.717, 1.165) is 18.7 Å². The third-order valence-electron chi connectivity index (χ3n) is 5.98. The molecular weight excluding hydrogens is 358 g/mol. The highest BCUT2D eigenvalue weighted by atomic mass is 16.5. The van der Waals surface area contributed by atoms with Gasteiger partial charge in [0.25, 0.3) is 5.91 Å². The molecule has 1 aromatic carbocycles. The maximum absolute atomic E-state index is 13.4. The van der Waals surface area contributed by atoms with Gasteiger partial charge in [0.1, 0.15) is 5.54 Å². The quantitative estimate of drug-likeness (QED) is 0.636. The number of ether oxygens (including phenoxy) is 2. The Morgan fingerprint density at radius 2 is 1.75 bits per heavy atom. The Balaban J connectivity index is 1.82. The molecule has 7 nitrogen and oxygen atoms in total. The highest BCUT2D eigenvalue weighted by Crippen LogP contribution is 2.38. The van der Waals surface area contributed by atoms with Crippen LogP contribution in [0.25, 0.3) is 0 Å². The largest absolute Gasteiger partial charge is 0.383 e. The van der Waals surface area contributed by atoms with E-state index in [9.17, 15) is 9.59 Å². The normalized spacial score (nSPS) is 21.0. The number of benzene rings is 1. The molecule has 1 spiro atoms. The van der Waals surface area contributed by atoms with Crippen LogP contribution < -0.4 is 0 Å². The highest BCUT2D eigenvalue weighted by molar-refractivity contribution is 6.07. The van der Waals surface area contributed by atoms with Gasteiger partial charge in [-0.2, -0.15) is 0 Å². The van der Waals surface area contributed by atoms with Gasteiger partial charge in [0.05, 0.1) is 19.8 Å². The SMILES string of the molecule is COCCN1C(=O)N(Cc2ccccc2)C2(CCN(C(C)COC)CC2)C1=O. The molecule has 2 saturated heterocycles. The number of hydrogen-bond acceptors (Lipinski definition) is 5. The van der Waals surface area contributed by atoms with E-state index in [0.29, 0.717) is 45.2 Å². The Hall–Kier alpha value is -1.96. The monoisotopic (exact) mass is 389 g/mol. The van der Waals surface area contributed by atoms with Gasteiger partial charge in [-0.3, -0.25) is 14.6 Å². The second-order valence-electron chi connectivity index (χ2n) is 7.68. The van der Waals surface area contributed by atoms with Crippen molar-refractivity contribution in [2.45, 2.75) is 37.9 Å². The van der Waals surface area contributed by atoms with Crippen LogP contribution in [-0.4, -0.2) is 85.3 Å². The number of urea groups is 1. The Labute approximate surface area is 167 Å². The Kier molecular flexibility index (Phi) is 6.69. The summed E-state index contributed by atoms with van der Waals surface area (Å²) in [6.07, 6.45) is 1.28. The first-order valence-electron chi connectivity index (χ1n) is 9.93. The molecule has 0 bridgehead atoms. The zero-order valence-corrected chi connectivity index (χ0v) is 17.1. The van der Waals surface area contributed by atoms with Crippen LogP contribution in [0.2, 0.25) is 0 Å². The lowest BCUT2D eigenvalue weighted by Gasteiger charge is -2.44. The Bertz CT molecular complexity index is 673. The average molecular weight is 389 g/mol. The van der Waals surface area contributed by atoms with E-state index in [4.69, 9.17) is 9.47 Å². The van der Waals surface area contributed by atoms with Crippen LogP contribution in [-0.2, 0) is 20.8 Å². The lowest BCUT2D eigenvalue weighted by atomic mass is 9.85. The molecule has 1 atom stereocenters. The molecule has 0 aromatic heterocycles. The van der Waals surface area contributed by atoms with Crippen molar-refractivity contribution in [2.75, 3.05) is 47.1 Å². The molecule has 28 heavy (non-hydrogen) atoms. The van der Waals surface area contributed by atoms with Crippen molar-refractivity contribution >= 4 is 11.9 Å². The van der Waals surface area contributed by atoms with E-state index < -0.39 is 5.54 Å². The van der Waals surface area contributed by atoms with Gasteiger partial charge in [0.15, 0.2) is 0 Å². The van der Waals surface area contributed by atoms with Crippen LogP contribution in [0.1, 0.15) is 25.3 Å². The molecular formula is C21H31N3O4. The standard InChI is InChI=1S/C21H31N3O4/c1-17(16-28-3)22-11-9-21(10-12-22)19(25)23(13-14-27-2)20(26)24(21)15-18-7-5-4-6-8-18/h4-8,17H,9-16H2,1-3H3. The van der Waals surface area contributed by atoms with E-state index in [-0.39, 0.29) is 11.9 Å². The van der Waals surface area contributed by atoms with Gasteiger partial charge >= 0.3 is 6.03 Å². The number of imide groups is 1. The second-order valence-corrected chi connectivity index (χ2v) is 7.68. The summed E-state index contributed by atoms with van der Waals surface area (Å²) < 4.78 is 10.4. The van der Waals surface area contributed by atoms with Crippen molar-refractivity contribution in [2.24, 2.45) is 0 Å². The van der Waals surface area contributed by atoms with E-state index in [1.165, 1.54) is 4.90 Å². The minimum Gasteiger partial charge on any atom is -0.383 e. The fourth-order valence-corrected chi connectivity index (χ4v) is 4.31. The molecule has 0 N–H and O–H groups in total. The maximum atomic E-state index is 13.4.